The number of hydrogen-bond donors (Lipinski definition) is 1. The molecule has 1 aromatic rings. The number of nitrogens with zero attached hydrogens (tertiary/aromatic N) is 2. The van der Waals surface area contributed by atoms with Crippen LogP contribution in [0.25, 0.3) is 0 Å². The zero-order valence-electron chi connectivity index (χ0n) is 14.3. The second kappa shape index (κ2) is 11.7. The van der Waals surface area contributed by atoms with E-state index in [1.165, 1.54) is 18.4 Å². The lowest BCUT2D eigenvalue weighted by molar-refractivity contribution is 0.0651. The molecule has 0 aliphatic carbocycles. The highest BCUT2D eigenvalue weighted by Crippen LogP contribution is 2.15. The average molecular weight is 431 g/mol. The zero-order chi connectivity index (χ0) is 15.6. The zero-order valence-corrected chi connectivity index (χ0v) is 16.7. The van der Waals surface area contributed by atoms with Crippen LogP contribution >= 0.6 is 24.0 Å². The minimum absolute atomic E-state index is 0. The van der Waals surface area contributed by atoms with Crippen LogP contribution in [0.3, 0.4) is 0 Å². The molecule has 1 aliphatic rings. The summed E-state index contributed by atoms with van der Waals surface area (Å²) in [5.41, 5.74) is 1.23. The van der Waals surface area contributed by atoms with Gasteiger partial charge in [-0.1, -0.05) is 30.3 Å². The fourth-order valence-electron chi connectivity index (χ4n) is 2.68. The van der Waals surface area contributed by atoms with Crippen molar-refractivity contribution in [2.75, 3.05) is 32.8 Å². The Morgan fingerprint density at radius 3 is 2.61 bits per heavy atom. The van der Waals surface area contributed by atoms with E-state index in [2.05, 4.69) is 48.3 Å². The summed E-state index contributed by atoms with van der Waals surface area (Å²) in [7, 11) is 0. The van der Waals surface area contributed by atoms with Crippen molar-refractivity contribution in [2.24, 2.45) is 4.99 Å². The van der Waals surface area contributed by atoms with Gasteiger partial charge in [0.05, 0.1) is 6.10 Å². The molecule has 23 heavy (non-hydrogen) atoms. The highest BCUT2D eigenvalue weighted by Gasteiger charge is 2.15. The molecule has 0 radical (unpaired) electrons. The summed E-state index contributed by atoms with van der Waals surface area (Å²) in [6, 6.07) is 10.4. The normalized spacial score (nSPS) is 16.1. The summed E-state index contributed by atoms with van der Waals surface area (Å²) in [4.78, 5) is 7.07. The summed E-state index contributed by atoms with van der Waals surface area (Å²) >= 11 is 0. The van der Waals surface area contributed by atoms with Gasteiger partial charge in [0, 0.05) is 32.8 Å². The maximum Gasteiger partial charge on any atom is 0.193 e. The van der Waals surface area contributed by atoms with Gasteiger partial charge in [0.15, 0.2) is 5.96 Å². The molecule has 1 aliphatic heterocycles. The first-order valence-electron chi connectivity index (χ1n) is 8.51. The monoisotopic (exact) mass is 431 g/mol. The van der Waals surface area contributed by atoms with Gasteiger partial charge < -0.3 is 15.0 Å². The van der Waals surface area contributed by atoms with Crippen LogP contribution < -0.4 is 5.32 Å². The minimum atomic E-state index is 0. The van der Waals surface area contributed by atoms with Crippen molar-refractivity contribution in [1.82, 2.24) is 10.2 Å². The van der Waals surface area contributed by atoms with Crippen LogP contribution in [0.1, 0.15) is 44.8 Å². The molecule has 1 unspecified atom stereocenters. The molecule has 0 saturated carbocycles. The number of aliphatic imine (C=N–C) groups is 1. The molecule has 130 valence electrons. The third-order valence-electron chi connectivity index (χ3n) is 3.94. The predicted octanol–water partition coefficient (Wildman–Crippen LogP) is 3.83. The van der Waals surface area contributed by atoms with Crippen LogP contribution in [-0.2, 0) is 4.74 Å². The SMILES string of the molecule is CCNC(=NCCCOC(C)c1ccccc1)N1CCCC1.I. The fourth-order valence-corrected chi connectivity index (χ4v) is 2.68. The van der Waals surface area contributed by atoms with Crippen molar-refractivity contribution in [3.63, 3.8) is 0 Å². The second-order valence-corrected chi connectivity index (χ2v) is 5.71. The molecule has 1 atom stereocenters. The molecule has 1 heterocycles. The van der Waals surface area contributed by atoms with E-state index in [1.54, 1.807) is 0 Å². The first-order chi connectivity index (χ1) is 10.8. The standard InChI is InChI=1S/C18H29N3O.HI/c1-3-19-18(21-13-7-8-14-21)20-12-9-15-22-16(2)17-10-5-4-6-11-17;/h4-6,10-11,16H,3,7-9,12-15H2,1-2H3,(H,19,20);1H. The van der Waals surface area contributed by atoms with Crippen LogP contribution in [0, 0.1) is 0 Å². The van der Waals surface area contributed by atoms with Gasteiger partial charge in [0.1, 0.15) is 0 Å². The lowest BCUT2D eigenvalue weighted by Crippen LogP contribution is -2.39. The molecule has 0 aromatic heterocycles. The molecule has 1 saturated heterocycles. The largest absolute Gasteiger partial charge is 0.374 e. The number of likely N-dealkylation sites (tertiary alicyclic amines) is 1. The van der Waals surface area contributed by atoms with Crippen molar-refractivity contribution in [3.05, 3.63) is 35.9 Å². The number of nitrogens with one attached hydrogen (secondary N) is 1. The number of benzene rings is 1. The molecular weight excluding hydrogens is 401 g/mol. The summed E-state index contributed by atoms with van der Waals surface area (Å²) in [5, 5.41) is 3.39. The molecule has 1 aromatic carbocycles. The van der Waals surface area contributed by atoms with Crippen molar-refractivity contribution in [1.29, 1.82) is 0 Å². The van der Waals surface area contributed by atoms with E-state index in [1.807, 2.05) is 6.07 Å². The van der Waals surface area contributed by atoms with E-state index < -0.39 is 0 Å². The highest BCUT2D eigenvalue weighted by atomic mass is 127. The minimum Gasteiger partial charge on any atom is -0.374 e. The van der Waals surface area contributed by atoms with Crippen molar-refractivity contribution in [2.45, 2.75) is 39.2 Å². The Hall–Kier alpha value is -0.820. The Kier molecular flexibility index (Phi) is 10.3. The van der Waals surface area contributed by atoms with Crippen LogP contribution in [-0.4, -0.2) is 43.6 Å². The number of ether oxygens (including phenoxy) is 1. The third-order valence-corrected chi connectivity index (χ3v) is 3.94. The Morgan fingerprint density at radius 2 is 1.96 bits per heavy atom. The van der Waals surface area contributed by atoms with Crippen molar-refractivity contribution in [3.8, 4) is 0 Å². The number of rotatable bonds is 7. The van der Waals surface area contributed by atoms with E-state index in [0.717, 1.165) is 45.2 Å². The van der Waals surface area contributed by atoms with Gasteiger partial charge in [-0.3, -0.25) is 4.99 Å². The molecule has 4 nitrogen and oxygen atoms in total. The molecule has 1 N–H and O–H groups in total. The van der Waals surface area contributed by atoms with E-state index in [4.69, 9.17) is 9.73 Å². The second-order valence-electron chi connectivity index (χ2n) is 5.71. The molecule has 0 amide bonds. The average Bonchev–Trinajstić information content (AvgIpc) is 3.08. The Labute approximate surface area is 157 Å². The third kappa shape index (κ3) is 7.08. The number of halogens is 1. The van der Waals surface area contributed by atoms with Crippen LogP contribution in [0.4, 0.5) is 0 Å². The predicted molar refractivity (Wildman–Crippen MR) is 108 cm³/mol. The van der Waals surface area contributed by atoms with E-state index >= 15 is 0 Å². The molecule has 5 heteroatoms. The Bertz CT molecular complexity index is 447. The summed E-state index contributed by atoms with van der Waals surface area (Å²) in [6.07, 6.45) is 3.67. The molecule has 1 fully saturated rings. The lowest BCUT2D eigenvalue weighted by Gasteiger charge is -2.20. The van der Waals surface area contributed by atoms with Crippen molar-refractivity contribution >= 4 is 29.9 Å². The number of hydrogen-bond acceptors (Lipinski definition) is 2. The Morgan fingerprint density at radius 1 is 1.26 bits per heavy atom. The van der Waals surface area contributed by atoms with Crippen molar-refractivity contribution < 1.29 is 4.74 Å². The van der Waals surface area contributed by atoms with E-state index in [-0.39, 0.29) is 30.1 Å². The first kappa shape index (κ1) is 20.2. The topological polar surface area (TPSA) is 36.9 Å². The lowest BCUT2D eigenvalue weighted by atomic mass is 10.1. The quantitative estimate of drug-likeness (QED) is 0.309. The maximum absolute atomic E-state index is 5.89. The molecular formula is C18H30IN3O. The molecule has 0 spiro atoms. The maximum atomic E-state index is 5.89. The van der Waals surface area contributed by atoms with Gasteiger partial charge in [-0.15, -0.1) is 24.0 Å². The van der Waals surface area contributed by atoms with E-state index in [9.17, 15) is 0 Å². The van der Waals surface area contributed by atoms with Gasteiger partial charge >= 0.3 is 0 Å². The van der Waals surface area contributed by atoms with Crippen LogP contribution in [0.5, 0.6) is 0 Å². The summed E-state index contributed by atoms with van der Waals surface area (Å²) in [6.45, 7) is 8.99. The highest BCUT2D eigenvalue weighted by molar-refractivity contribution is 14.0. The fraction of sp³-hybridized carbons (Fsp3) is 0.611. The van der Waals surface area contributed by atoms with Gasteiger partial charge in [-0.05, 0) is 38.7 Å². The first-order valence-corrected chi connectivity index (χ1v) is 8.51. The Balaban J connectivity index is 0.00000264. The van der Waals surface area contributed by atoms with Gasteiger partial charge in [0.25, 0.3) is 0 Å². The summed E-state index contributed by atoms with van der Waals surface area (Å²) < 4.78 is 5.89. The number of guanidine groups is 1. The van der Waals surface area contributed by atoms with Gasteiger partial charge in [0.2, 0.25) is 0 Å². The summed E-state index contributed by atoms with van der Waals surface area (Å²) in [5.74, 6) is 1.07. The van der Waals surface area contributed by atoms with Crippen LogP contribution in [0.2, 0.25) is 0 Å². The van der Waals surface area contributed by atoms with E-state index in [0.29, 0.717) is 0 Å². The van der Waals surface area contributed by atoms with Gasteiger partial charge in [-0.2, -0.15) is 0 Å². The molecule has 2 rings (SSSR count). The van der Waals surface area contributed by atoms with Crippen LogP contribution in [0.15, 0.2) is 35.3 Å². The molecule has 0 bridgehead atoms. The van der Waals surface area contributed by atoms with Gasteiger partial charge in [-0.25, -0.2) is 0 Å². The smallest absolute Gasteiger partial charge is 0.193 e.